The van der Waals surface area contributed by atoms with Gasteiger partial charge in [-0.25, -0.2) is 0 Å². The number of ether oxygens (including phenoxy) is 1. The average molecular weight is 332 g/mol. The Kier molecular flexibility index (Phi) is 5.29. The van der Waals surface area contributed by atoms with Crippen LogP contribution in [0.4, 0.5) is 0 Å². The predicted molar refractivity (Wildman–Crippen MR) is 99.9 cm³/mol. The maximum atomic E-state index is 10.4. The number of fused-ring (bicyclic) bond motifs is 5. The van der Waals surface area contributed by atoms with Crippen molar-refractivity contribution in [3.63, 3.8) is 0 Å². The summed E-state index contributed by atoms with van der Waals surface area (Å²) in [4.78, 5) is 0. The number of phenols is 1. The van der Waals surface area contributed by atoms with Crippen LogP contribution in [0.15, 0.2) is 12.1 Å². The fourth-order valence-corrected chi connectivity index (χ4v) is 5.72. The van der Waals surface area contributed by atoms with Crippen molar-refractivity contribution >= 4 is 8.41 Å². The Morgan fingerprint density at radius 1 is 1.21 bits per heavy atom. The van der Waals surface area contributed by atoms with Crippen LogP contribution in [0.5, 0.6) is 11.5 Å². The second kappa shape index (κ2) is 6.63. The fraction of sp³-hybridized carbons (Fsp3) is 0.700. The van der Waals surface area contributed by atoms with Crippen LogP contribution >= 0.6 is 0 Å². The molecule has 1 aromatic carbocycles. The molecule has 0 amide bonds. The molecule has 3 unspecified atom stereocenters. The molecular weight excluding hydrogens is 299 g/mol. The molecular formula is C20H32BO3. The van der Waals surface area contributed by atoms with Gasteiger partial charge in [0.1, 0.15) is 0 Å². The van der Waals surface area contributed by atoms with Crippen LogP contribution < -0.4 is 4.74 Å². The van der Waals surface area contributed by atoms with Gasteiger partial charge in [-0.05, 0) is 85.0 Å². The maximum Gasteiger partial charge on any atom is 0.160 e. The normalized spacial score (nSPS) is 36.5. The molecule has 0 aromatic heterocycles. The summed E-state index contributed by atoms with van der Waals surface area (Å²) in [6.45, 7) is 2.30. The Morgan fingerprint density at radius 3 is 2.67 bits per heavy atom. The number of aryl methyl sites for hydroxylation is 1. The zero-order valence-corrected chi connectivity index (χ0v) is 14.1. The van der Waals surface area contributed by atoms with Crippen LogP contribution in [0.3, 0.4) is 0 Å². The summed E-state index contributed by atoms with van der Waals surface area (Å²) < 4.78 is 5.32. The molecule has 0 heterocycles. The molecule has 4 heteroatoms. The molecule has 4 rings (SSSR count). The molecule has 3 aliphatic carbocycles. The number of aliphatic hydroxyl groups is 1. The summed E-state index contributed by atoms with van der Waals surface area (Å²) in [6, 6.07) is 3.97. The highest BCUT2D eigenvalue weighted by Crippen LogP contribution is 2.61. The molecule has 24 heavy (non-hydrogen) atoms. The summed E-state index contributed by atoms with van der Waals surface area (Å²) in [7, 11) is 1.62. The van der Waals surface area contributed by atoms with Gasteiger partial charge < -0.3 is 14.9 Å². The van der Waals surface area contributed by atoms with Crippen molar-refractivity contribution in [1.29, 1.82) is 0 Å². The Balaban J connectivity index is 0.00000104. The Labute approximate surface area is 149 Å². The number of rotatable bonds is 1. The summed E-state index contributed by atoms with van der Waals surface area (Å²) >= 11 is 0. The molecule has 2 saturated carbocycles. The largest absolute Gasteiger partial charge is 0.504 e. The van der Waals surface area contributed by atoms with E-state index in [-0.39, 0.29) is 34.5 Å². The SMILES string of the molecule is C.COc1cc2c(cc1O)CCC1C2CC[C@@]2(C)C1CC[C@@H]2O.[2HH].[B]. The molecule has 5 atom stereocenters. The second-order valence-electron chi connectivity index (χ2n) is 7.78. The Bertz CT molecular complexity index is 609. The minimum atomic E-state index is -0.116. The first-order chi connectivity index (χ1) is 10.5. The zero-order valence-electron chi connectivity index (χ0n) is 14.1. The maximum absolute atomic E-state index is 10.4. The topological polar surface area (TPSA) is 49.7 Å². The lowest BCUT2D eigenvalue weighted by Crippen LogP contribution is -2.43. The van der Waals surface area contributed by atoms with Crippen LogP contribution in [0.2, 0.25) is 0 Å². The van der Waals surface area contributed by atoms with Crippen molar-refractivity contribution in [2.45, 2.75) is 64.9 Å². The van der Waals surface area contributed by atoms with E-state index in [2.05, 4.69) is 13.0 Å². The third-order valence-electron chi connectivity index (χ3n) is 6.97. The first-order valence-electron chi connectivity index (χ1n) is 8.62. The summed E-state index contributed by atoms with van der Waals surface area (Å²) in [6.07, 6.45) is 6.51. The van der Waals surface area contributed by atoms with E-state index in [4.69, 9.17) is 4.74 Å². The van der Waals surface area contributed by atoms with Gasteiger partial charge in [0.2, 0.25) is 0 Å². The molecule has 3 nitrogen and oxygen atoms in total. The van der Waals surface area contributed by atoms with Crippen molar-refractivity contribution < 1.29 is 16.4 Å². The summed E-state index contributed by atoms with van der Waals surface area (Å²) in [5, 5.41) is 20.5. The molecule has 0 bridgehead atoms. The molecule has 133 valence electrons. The number of hydrogen-bond acceptors (Lipinski definition) is 3. The van der Waals surface area contributed by atoms with Crippen molar-refractivity contribution in [3.8, 4) is 11.5 Å². The highest BCUT2D eigenvalue weighted by Gasteiger charge is 2.54. The third kappa shape index (κ3) is 2.54. The minimum Gasteiger partial charge on any atom is -0.504 e. The standard InChI is InChI=1S/C19H26O3.CH4.B.H2/c1-19-8-7-12-13(15(19)5-6-18(19)21)4-3-11-9-16(20)17(22-2)10-14(11)12;;;/h9-10,12-13,15,18,20-21H,3-8H2,1-2H3;1H4;;1H/t12?,13?,15?,18-,19-;;;/m0.../s1/i;;;1+1. The van der Waals surface area contributed by atoms with Crippen molar-refractivity contribution in [1.82, 2.24) is 0 Å². The van der Waals surface area contributed by atoms with Crippen LogP contribution in [0.25, 0.3) is 0 Å². The van der Waals surface area contributed by atoms with Gasteiger partial charge >= 0.3 is 0 Å². The molecule has 0 spiro atoms. The lowest BCUT2D eigenvalue weighted by Gasteiger charge is -2.50. The van der Waals surface area contributed by atoms with E-state index < -0.39 is 0 Å². The van der Waals surface area contributed by atoms with Crippen molar-refractivity contribution in [2.75, 3.05) is 7.11 Å². The number of benzene rings is 1. The van der Waals surface area contributed by atoms with Crippen molar-refractivity contribution in [3.05, 3.63) is 23.3 Å². The van der Waals surface area contributed by atoms with E-state index >= 15 is 0 Å². The van der Waals surface area contributed by atoms with Gasteiger partial charge in [0, 0.05) is 9.84 Å². The van der Waals surface area contributed by atoms with E-state index in [1.165, 1.54) is 24.0 Å². The van der Waals surface area contributed by atoms with E-state index in [9.17, 15) is 10.2 Å². The third-order valence-corrected chi connectivity index (χ3v) is 6.97. The second-order valence-corrected chi connectivity index (χ2v) is 7.78. The number of aliphatic hydroxyl groups excluding tert-OH is 1. The summed E-state index contributed by atoms with van der Waals surface area (Å²) in [5.74, 6) is 2.75. The predicted octanol–water partition coefficient (Wildman–Crippen LogP) is 4.12. The highest BCUT2D eigenvalue weighted by atomic mass is 16.5. The number of phenolic OH excluding ortho intramolecular Hbond substituents is 1. The quantitative estimate of drug-likeness (QED) is 0.761. The lowest BCUT2D eigenvalue weighted by atomic mass is 9.55. The number of aromatic hydroxyl groups is 1. The lowest BCUT2D eigenvalue weighted by molar-refractivity contribution is -0.0226. The highest BCUT2D eigenvalue weighted by molar-refractivity contribution is 5.75. The average Bonchev–Trinajstić information content (AvgIpc) is 2.82. The fourth-order valence-electron chi connectivity index (χ4n) is 5.72. The van der Waals surface area contributed by atoms with E-state index in [1.807, 2.05) is 6.07 Å². The van der Waals surface area contributed by atoms with Gasteiger partial charge in [0.05, 0.1) is 13.2 Å². The van der Waals surface area contributed by atoms with Gasteiger partial charge in [-0.15, -0.1) is 0 Å². The number of hydrogen-bond donors (Lipinski definition) is 2. The van der Waals surface area contributed by atoms with Gasteiger partial charge in [0.15, 0.2) is 11.5 Å². The van der Waals surface area contributed by atoms with Gasteiger partial charge in [-0.3, -0.25) is 0 Å². The molecule has 0 aliphatic heterocycles. The molecule has 0 saturated heterocycles. The van der Waals surface area contributed by atoms with Crippen LogP contribution in [-0.2, 0) is 6.42 Å². The molecule has 3 radical (unpaired) electrons. The molecule has 2 N–H and O–H groups in total. The van der Waals surface area contributed by atoms with E-state index in [0.717, 1.165) is 25.7 Å². The first-order valence-corrected chi connectivity index (χ1v) is 8.62. The monoisotopic (exact) mass is 332 g/mol. The first kappa shape index (κ1) is 19.2. The summed E-state index contributed by atoms with van der Waals surface area (Å²) in [5.41, 5.74) is 2.80. The number of methoxy groups -OCH3 is 1. The van der Waals surface area contributed by atoms with Gasteiger partial charge in [-0.1, -0.05) is 14.4 Å². The van der Waals surface area contributed by atoms with E-state index in [1.54, 1.807) is 7.11 Å². The van der Waals surface area contributed by atoms with Crippen LogP contribution in [0, 0.1) is 17.3 Å². The van der Waals surface area contributed by atoms with Crippen LogP contribution in [-0.4, -0.2) is 31.8 Å². The van der Waals surface area contributed by atoms with Crippen LogP contribution in [0.1, 0.15) is 64.9 Å². The van der Waals surface area contributed by atoms with Gasteiger partial charge in [0.25, 0.3) is 0 Å². The molecule has 3 aliphatic rings. The zero-order chi connectivity index (χ0) is 15.5. The Hall–Kier alpha value is -1.16. The van der Waals surface area contributed by atoms with E-state index in [0.29, 0.717) is 23.5 Å². The minimum absolute atomic E-state index is 0. The Morgan fingerprint density at radius 2 is 1.96 bits per heavy atom. The van der Waals surface area contributed by atoms with Crippen molar-refractivity contribution in [2.24, 2.45) is 17.3 Å². The smallest absolute Gasteiger partial charge is 0.160 e. The molecule has 1 aromatic rings. The van der Waals surface area contributed by atoms with Gasteiger partial charge in [-0.2, -0.15) is 0 Å². The molecule has 2 fully saturated rings.